The molecule has 0 spiro atoms. The molecule has 0 heterocycles. The number of hydrogen-bond donors (Lipinski definition) is 1. The highest BCUT2D eigenvalue weighted by molar-refractivity contribution is 7.98. The Balaban J connectivity index is 1.45. The molecule has 3 saturated carbocycles. The number of nitroso groups, excluding NO2 is 1. The maximum absolute atomic E-state index is 13.3. The normalized spacial score (nSPS) is 35.4. The van der Waals surface area contributed by atoms with Crippen LogP contribution in [0.4, 0.5) is 4.79 Å². The van der Waals surface area contributed by atoms with Crippen molar-refractivity contribution >= 4 is 41.1 Å². The molecular formula is C27H40ClN3O5S. The number of amides is 2. The highest BCUT2D eigenvalue weighted by Crippen LogP contribution is 2.65. The Kier molecular flexibility index (Phi) is 8.94. The summed E-state index contributed by atoms with van der Waals surface area (Å²) in [4.78, 5) is 49.0. The van der Waals surface area contributed by atoms with E-state index >= 15 is 0 Å². The van der Waals surface area contributed by atoms with Crippen LogP contribution in [0.2, 0.25) is 0 Å². The fraction of sp³-hybridized carbons (Fsp3) is 0.815. The number of urea groups is 1. The number of halogens is 1. The average Bonchev–Trinajstić information content (AvgIpc) is 3.21. The average molecular weight is 554 g/mol. The molecule has 4 rings (SSSR count). The van der Waals surface area contributed by atoms with E-state index in [0.29, 0.717) is 41.4 Å². The summed E-state index contributed by atoms with van der Waals surface area (Å²) in [6.45, 7) is 4.62. The monoisotopic (exact) mass is 553 g/mol. The molecule has 3 fully saturated rings. The quantitative estimate of drug-likeness (QED) is 0.175. The number of ether oxygens (including phenoxy) is 1. The van der Waals surface area contributed by atoms with E-state index in [2.05, 4.69) is 24.5 Å². The van der Waals surface area contributed by atoms with Crippen molar-refractivity contribution in [2.24, 2.45) is 33.9 Å². The molecule has 0 aromatic rings. The van der Waals surface area contributed by atoms with Crippen LogP contribution < -0.4 is 5.32 Å². The summed E-state index contributed by atoms with van der Waals surface area (Å²) in [5.41, 5.74) is 1.37. The molecule has 7 atom stereocenters. The van der Waals surface area contributed by atoms with Crippen LogP contribution in [-0.2, 0) is 14.3 Å². The molecule has 0 unspecified atom stereocenters. The van der Waals surface area contributed by atoms with E-state index in [1.54, 1.807) is 11.8 Å². The lowest BCUT2D eigenvalue weighted by atomic mass is 9.47. The summed E-state index contributed by atoms with van der Waals surface area (Å²) in [6, 6.07) is -1.58. The number of ketones is 1. The number of esters is 1. The molecule has 4 aliphatic rings. The zero-order chi connectivity index (χ0) is 26.8. The van der Waals surface area contributed by atoms with E-state index in [-0.39, 0.29) is 35.1 Å². The summed E-state index contributed by atoms with van der Waals surface area (Å²) in [6.07, 6.45) is 11.7. The van der Waals surface area contributed by atoms with Crippen molar-refractivity contribution in [2.45, 2.75) is 83.8 Å². The van der Waals surface area contributed by atoms with Crippen molar-refractivity contribution in [2.75, 3.05) is 24.4 Å². The van der Waals surface area contributed by atoms with Crippen LogP contribution >= 0.6 is 23.4 Å². The maximum atomic E-state index is 13.3. The molecule has 0 saturated heterocycles. The van der Waals surface area contributed by atoms with Gasteiger partial charge in [-0.15, -0.1) is 16.5 Å². The van der Waals surface area contributed by atoms with Crippen LogP contribution in [0.1, 0.15) is 71.6 Å². The van der Waals surface area contributed by atoms with Crippen molar-refractivity contribution in [3.05, 3.63) is 16.6 Å². The van der Waals surface area contributed by atoms with Crippen LogP contribution in [-0.4, -0.2) is 59.4 Å². The Morgan fingerprint density at radius 2 is 2.00 bits per heavy atom. The van der Waals surface area contributed by atoms with Gasteiger partial charge in [-0.2, -0.15) is 16.8 Å². The minimum Gasteiger partial charge on any atom is -0.460 e. The number of rotatable bonds is 9. The van der Waals surface area contributed by atoms with Crippen LogP contribution in [0.15, 0.2) is 16.9 Å². The number of hydrogen-bond acceptors (Lipinski definition) is 7. The number of thioether (sulfide) groups is 1. The summed E-state index contributed by atoms with van der Waals surface area (Å²) in [5.74, 6) is 2.19. The van der Waals surface area contributed by atoms with Gasteiger partial charge in [0.25, 0.3) is 0 Å². The minimum atomic E-state index is -0.848. The fourth-order valence-electron chi connectivity index (χ4n) is 7.89. The molecule has 0 aliphatic heterocycles. The maximum Gasteiger partial charge on any atom is 0.341 e. The molecule has 0 aromatic heterocycles. The Hall–Kier alpha value is -1.61. The van der Waals surface area contributed by atoms with Gasteiger partial charge in [0, 0.05) is 17.7 Å². The molecule has 2 amide bonds. The van der Waals surface area contributed by atoms with Gasteiger partial charge in [0.05, 0.1) is 11.8 Å². The van der Waals surface area contributed by atoms with Crippen molar-refractivity contribution in [1.29, 1.82) is 0 Å². The van der Waals surface area contributed by atoms with E-state index < -0.39 is 18.0 Å². The Morgan fingerprint density at radius 3 is 2.70 bits per heavy atom. The molecule has 37 heavy (non-hydrogen) atoms. The summed E-state index contributed by atoms with van der Waals surface area (Å²) in [7, 11) is 0. The first-order valence-electron chi connectivity index (χ1n) is 13.6. The van der Waals surface area contributed by atoms with Crippen LogP contribution in [0.5, 0.6) is 0 Å². The predicted octanol–water partition coefficient (Wildman–Crippen LogP) is 5.48. The van der Waals surface area contributed by atoms with Gasteiger partial charge in [-0.25, -0.2) is 9.59 Å². The molecule has 4 aliphatic carbocycles. The van der Waals surface area contributed by atoms with Crippen LogP contribution in [0.25, 0.3) is 0 Å². The highest BCUT2D eigenvalue weighted by atomic mass is 35.5. The Morgan fingerprint density at radius 1 is 1.22 bits per heavy atom. The number of nitrogens with one attached hydrogen (secondary N) is 1. The number of nitrogens with zero attached hydrogens (tertiary/aromatic N) is 2. The van der Waals surface area contributed by atoms with Gasteiger partial charge < -0.3 is 10.1 Å². The lowest BCUT2D eigenvalue weighted by molar-refractivity contribution is -0.162. The summed E-state index contributed by atoms with van der Waals surface area (Å²) >= 11 is 7.24. The molecule has 206 valence electrons. The predicted molar refractivity (Wildman–Crippen MR) is 145 cm³/mol. The molecule has 1 N–H and O–H groups in total. The third kappa shape index (κ3) is 5.45. The van der Waals surface area contributed by atoms with Gasteiger partial charge in [0.15, 0.2) is 5.78 Å². The van der Waals surface area contributed by atoms with Gasteiger partial charge >= 0.3 is 12.0 Å². The molecule has 0 aromatic carbocycles. The van der Waals surface area contributed by atoms with Crippen LogP contribution in [0, 0.1) is 33.5 Å². The second-order valence-corrected chi connectivity index (χ2v) is 13.1. The van der Waals surface area contributed by atoms with Crippen LogP contribution in [0.3, 0.4) is 0 Å². The molecule has 0 bridgehead atoms. The second kappa shape index (κ2) is 11.6. The first-order valence-corrected chi connectivity index (χ1v) is 15.5. The Labute approximate surface area is 229 Å². The van der Waals surface area contributed by atoms with E-state index in [9.17, 15) is 19.3 Å². The van der Waals surface area contributed by atoms with E-state index in [1.807, 2.05) is 12.3 Å². The Bertz CT molecular complexity index is 947. The standard InChI is InChI=1S/C27H40ClN3O5S/c1-26-11-8-18(32)16-17(26)4-5-19-20-6-7-23(27(20,2)12-9-21(19)26)36-24(33)22(10-15-37-3)29-25(34)31(30-35)14-13-28/h16,19-23H,4-15H2,1-3H3,(H,29,34)/t19-,20-,21-,22-,23-,26-,27-/m0/s1. The van der Waals surface area contributed by atoms with Crippen molar-refractivity contribution in [3.63, 3.8) is 0 Å². The van der Waals surface area contributed by atoms with Crippen molar-refractivity contribution in [3.8, 4) is 0 Å². The molecular weight excluding hydrogens is 514 g/mol. The van der Waals surface area contributed by atoms with E-state index in [4.69, 9.17) is 16.3 Å². The minimum absolute atomic E-state index is 0.0316. The third-order valence-electron chi connectivity index (χ3n) is 9.96. The van der Waals surface area contributed by atoms with E-state index in [1.165, 1.54) is 5.57 Å². The van der Waals surface area contributed by atoms with Gasteiger partial charge in [0.2, 0.25) is 0 Å². The summed E-state index contributed by atoms with van der Waals surface area (Å²) < 4.78 is 6.17. The van der Waals surface area contributed by atoms with Gasteiger partial charge in [-0.3, -0.25) is 4.79 Å². The van der Waals surface area contributed by atoms with Gasteiger partial charge in [-0.05, 0) is 92.6 Å². The fourth-order valence-corrected chi connectivity index (χ4v) is 8.53. The number of carbonyl (C=O) groups excluding carboxylic acids is 3. The third-order valence-corrected chi connectivity index (χ3v) is 10.8. The smallest absolute Gasteiger partial charge is 0.341 e. The van der Waals surface area contributed by atoms with Gasteiger partial charge in [-0.1, -0.05) is 19.4 Å². The number of allylic oxidation sites excluding steroid dienone is 1. The van der Waals surface area contributed by atoms with Crippen molar-refractivity contribution in [1.82, 2.24) is 10.3 Å². The van der Waals surface area contributed by atoms with E-state index in [0.717, 1.165) is 44.9 Å². The van der Waals surface area contributed by atoms with Crippen molar-refractivity contribution < 1.29 is 19.1 Å². The van der Waals surface area contributed by atoms with Gasteiger partial charge in [0.1, 0.15) is 12.1 Å². The zero-order valence-electron chi connectivity index (χ0n) is 22.2. The zero-order valence-corrected chi connectivity index (χ0v) is 23.7. The number of carbonyl (C=O) groups is 3. The lowest BCUT2D eigenvalue weighted by Crippen LogP contribution is -2.53. The first-order chi connectivity index (χ1) is 17.7. The molecule has 8 nitrogen and oxygen atoms in total. The lowest BCUT2D eigenvalue weighted by Gasteiger charge is -2.57. The SMILES string of the molecule is CSCC[C@H](NC(=O)N(CCCl)N=O)C(=O)O[C@H]1CC[C@H]2[C@@H]3CCC4=CC(=O)CC[C@]4(C)[C@H]3CC[C@]12C. The first kappa shape index (κ1) is 28.4. The molecule has 10 heteroatoms. The number of alkyl halides is 1. The molecule has 0 radical (unpaired) electrons. The number of fused-ring (bicyclic) bond motifs is 5. The largest absolute Gasteiger partial charge is 0.460 e. The highest BCUT2D eigenvalue weighted by Gasteiger charge is 2.60. The summed E-state index contributed by atoms with van der Waals surface area (Å²) in [5, 5.41) is 6.07. The topological polar surface area (TPSA) is 105 Å². The second-order valence-electron chi connectivity index (χ2n) is 11.7.